The monoisotopic (exact) mass is 461 g/mol. The highest BCUT2D eigenvalue weighted by Crippen LogP contribution is 2.34. The standard InChI is InChI=1S/C26H27N3O3S/c27-15-23(33-12-4-5-13-33)24(30)22-17-29(16-19-8-10-20(11-9-19)25(28)31)26(32)21(22)14-18-6-2-1-3-7-18/h1-3,6-11,21-22H,4-5,12-14,16-17H2,(H2,28,31)/t21-,22+/m1/s1. The Hall–Kier alpha value is -3.24. The largest absolute Gasteiger partial charge is 0.366 e. The van der Waals surface area contributed by atoms with Crippen LogP contribution in [0, 0.1) is 23.2 Å². The predicted octanol–water partition coefficient (Wildman–Crippen LogP) is 2.93. The van der Waals surface area contributed by atoms with Gasteiger partial charge in [-0.25, -0.2) is 0 Å². The molecule has 0 unspecified atom stereocenters. The molecule has 2 saturated heterocycles. The van der Waals surface area contributed by atoms with Gasteiger partial charge in [0.2, 0.25) is 11.8 Å². The number of nitrogens with two attached hydrogens (primary N) is 1. The van der Waals surface area contributed by atoms with Crippen LogP contribution < -0.4 is 5.73 Å². The molecule has 0 bridgehead atoms. The lowest BCUT2D eigenvalue weighted by Gasteiger charge is -2.17. The SMILES string of the molecule is N#CC(C(=O)[C@H]1CN(Cc2ccc(C(N)=O)cc2)C(=O)[C@@H]1Cc1ccccc1)=S1CCCC1. The van der Waals surface area contributed by atoms with E-state index in [1.165, 1.54) is 0 Å². The second kappa shape index (κ2) is 10.1. The second-order valence-electron chi connectivity index (χ2n) is 8.60. The fourth-order valence-corrected chi connectivity index (χ4v) is 6.93. The van der Waals surface area contributed by atoms with E-state index >= 15 is 0 Å². The third kappa shape index (κ3) is 5.07. The molecule has 7 heteroatoms. The Labute approximate surface area is 196 Å². The summed E-state index contributed by atoms with van der Waals surface area (Å²) in [4.78, 5) is 40.4. The predicted molar refractivity (Wildman–Crippen MR) is 130 cm³/mol. The van der Waals surface area contributed by atoms with E-state index in [2.05, 4.69) is 6.07 Å². The molecule has 2 aliphatic rings. The molecule has 0 spiro atoms. The number of carbonyl (C=O) groups is 3. The van der Waals surface area contributed by atoms with Crippen molar-refractivity contribution >= 4 is 32.9 Å². The fourth-order valence-electron chi connectivity index (χ4n) is 4.65. The van der Waals surface area contributed by atoms with E-state index in [1.807, 2.05) is 30.3 Å². The summed E-state index contributed by atoms with van der Waals surface area (Å²) in [5, 5.41) is 9.79. The van der Waals surface area contributed by atoms with Gasteiger partial charge in [0.05, 0.1) is 11.8 Å². The molecule has 33 heavy (non-hydrogen) atoms. The van der Waals surface area contributed by atoms with E-state index in [0.29, 0.717) is 29.9 Å². The number of primary amides is 1. The van der Waals surface area contributed by atoms with Crippen molar-refractivity contribution in [3.8, 4) is 6.07 Å². The summed E-state index contributed by atoms with van der Waals surface area (Å²) >= 11 is 0. The molecule has 0 aliphatic carbocycles. The average Bonchev–Trinajstić information content (AvgIpc) is 3.45. The summed E-state index contributed by atoms with van der Waals surface area (Å²) < 4.78 is 0. The van der Waals surface area contributed by atoms with Gasteiger partial charge in [0, 0.05) is 18.7 Å². The number of hydrogen-bond acceptors (Lipinski definition) is 4. The number of ketones is 1. The Kier molecular flexibility index (Phi) is 7.05. The normalized spacial score (nSPS) is 20.6. The van der Waals surface area contributed by atoms with Crippen LogP contribution in [0.25, 0.3) is 0 Å². The molecule has 0 saturated carbocycles. The van der Waals surface area contributed by atoms with Crippen molar-refractivity contribution in [2.24, 2.45) is 17.6 Å². The Bertz CT molecular complexity index is 1130. The van der Waals surface area contributed by atoms with Crippen molar-refractivity contribution in [1.29, 1.82) is 5.26 Å². The zero-order valence-electron chi connectivity index (χ0n) is 18.4. The number of nitrogens with zero attached hydrogens (tertiary/aromatic N) is 2. The van der Waals surface area contributed by atoms with Crippen molar-refractivity contribution in [2.45, 2.75) is 25.8 Å². The summed E-state index contributed by atoms with van der Waals surface area (Å²) in [6.45, 7) is 0.648. The van der Waals surface area contributed by atoms with Gasteiger partial charge in [0.1, 0.15) is 10.9 Å². The van der Waals surface area contributed by atoms with Gasteiger partial charge in [-0.05, 0) is 54.0 Å². The molecule has 2 aromatic rings. The number of rotatable bonds is 7. The maximum atomic E-state index is 13.5. The lowest BCUT2D eigenvalue weighted by atomic mass is 9.85. The van der Waals surface area contributed by atoms with Crippen molar-refractivity contribution < 1.29 is 14.4 Å². The molecule has 0 radical (unpaired) electrons. The Morgan fingerprint density at radius 1 is 1.03 bits per heavy atom. The first-order chi connectivity index (χ1) is 16.0. The van der Waals surface area contributed by atoms with Gasteiger partial charge in [-0.2, -0.15) is 15.7 Å². The highest BCUT2D eigenvalue weighted by Gasteiger charge is 2.45. The van der Waals surface area contributed by atoms with Gasteiger partial charge in [0.15, 0.2) is 5.78 Å². The van der Waals surface area contributed by atoms with E-state index < -0.39 is 17.7 Å². The Morgan fingerprint density at radius 3 is 2.30 bits per heavy atom. The van der Waals surface area contributed by atoms with Crippen molar-refractivity contribution in [1.82, 2.24) is 4.90 Å². The minimum atomic E-state index is -0.523. The van der Waals surface area contributed by atoms with Crippen LogP contribution >= 0.6 is 10.5 Å². The molecule has 2 heterocycles. The van der Waals surface area contributed by atoms with Crippen LogP contribution in [-0.2, 0) is 22.6 Å². The van der Waals surface area contributed by atoms with Crippen LogP contribution in [0.1, 0.15) is 34.3 Å². The highest BCUT2D eigenvalue weighted by molar-refractivity contribution is 8.17. The number of Topliss-reactive ketones (excluding diaryl/α,β-unsaturated/α-hetero) is 1. The Balaban J connectivity index is 1.60. The maximum absolute atomic E-state index is 13.5. The third-order valence-corrected chi connectivity index (χ3v) is 8.86. The van der Waals surface area contributed by atoms with Crippen LogP contribution in [0.3, 0.4) is 0 Å². The first-order valence-electron chi connectivity index (χ1n) is 11.2. The molecular weight excluding hydrogens is 434 g/mol. The molecule has 4 rings (SSSR count). The van der Waals surface area contributed by atoms with Crippen molar-refractivity contribution in [3.63, 3.8) is 0 Å². The minimum absolute atomic E-state index is 0.0665. The van der Waals surface area contributed by atoms with Gasteiger partial charge in [-0.3, -0.25) is 14.4 Å². The van der Waals surface area contributed by atoms with Gasteiger partial charge in [0.25, 0.3) is 0 Å². The molecule has 0 aromatic heterocycles. The van der Waals surface area contributed by atoms with Gasteiger partial charge >= 0.3 is 0 Å². The van der Waals surface area contributed by atoms with Gasteiger partial charge < -0.3 is 10.6 Å². The topological polar surface area (TPSA) is 104 Å². The summed E-state index contributed by atoms with van der Waals surface area (Å²) in [6, 6.07) is 18.8. The Morgan fingerprint density at radius 2 is 1.70 bits per heavy atom. The molecule has 2 aromatic carbocycles. The van der Waals surface area contributed by atoms with Crippen LogP contribution in [0.4, 0.5) is 0 Å². The number of hydrogen-bond donors (Lipinski definition) is 1. The average molecular weight is 462 g/mol. The van der Waals surface area contributed by atoms with Crippen LogP contribution in [-0.4, -0.2) is 45.4 Å². The van der Waals surface area contributed by atoms with Crippen LogP contribution in [0.15, 0.2) is 54.6 Å². The van der Waals surface area contributed by atoms with Gasteiger partial charge in [-0.1, -0.05) is 42.5 Å². The molecule has 170 valence electrons. The van der Waals surface area contributed by atoms with E-state index in [-0.39, 0.29) is 22.2 Å². The van der Waals surface area contributed by atoms with E-state index in [0.717, 1.165) is 35.5 Å². The van der Waals surface area contributed by atoms with E-state index in [9.17, 15) is 19.6 Å². The van der Waals surface area contributed by atoms with Crippen LogP contribution in [0.5, 0.6) is 0 Å². The quantitative estimate of drug-likeness (QED) is 0.640. The van der Waals surface area contributed by atoms with Crippen LogP contribution in [0.2, 0.25) is 0 Å². The fraction of sp³-hybridized carbons (Fsp3) is 0.346. The lowest BCUT2D eigenvalue weighted by Crippen LogP contribution is -2.31. The molecule has 6 nitrogen and oxygen atoms in total. The molecule has 2 aliphatic heterocycles. The lowest BCUT2D eigenvalue weighted by molar-refractivity contribution is -0.132. The summed E-state index contributed by atoms with van der Waals surface area (Å²) in [5.41, 5.74) is 7.59. The second-order valence-corrected chi connectivity index (χ2v) is 10.8. The highest BCUT2D eigenvalue weighted by atomic mass is 32.2. The molecule has 2 fully saturated rings. The van der Waals surface area contributed by atoms with Crippen molar-refractivity contribution in [2.75, 3.05) is 18.1 Å². The summed E-state index contributed by atoms with van der Waals surface area (Å²) in [5.74, 6) is 0.0691. The van der Waals surface area contributed by atoms with Gasteiger partial charge in [-0.15, -0.1) is 0 Å². The number of likely N-dealkylation sites (tertiary alicyclic amines) is 1. The molecule has 2 N–H and O–H groups in total. The maximum Gasteiger partial charge on any atom is 0.248 e. The number of benzene rings is 2. The van der Waals surface area contributed by atoms with E-state index in [4.69, 9.17) is 5.73 Å². The number of nitriles is 1. The zero-order chi connectivity index (χ0) is 23.4. The minimum Gasteiger partial charge on any atom is -0.366 e. The number of amides is 2. The smallest absolute Gasteiger partial charge is 0.248 e. The molecular formula is C26H27N3O3S. The number of carbonyl (C=O) groups excluding carboxylic acids is 3. The molecule has 2 amide bonds. The van der Waals surface area contributed by atoms with E-state index in [1.54, 1.807) is 29.2 Å². The first kappa shape index (κ1) is 22.9. The third-order valence-electron chi connectivity index (χ3n) is 6.42. The first-order valence-corrected chi connectivity index (χ1v) is 12.7. The zero-order valence-corrected chi connectivity index (χ0v) is 19.2. The van der Waals surface area contributed by atoms with Crippen molar-refractivity contribution in [3.05, 3.63) is 71.3 Å². The molecule has 2 atom stereocenters. The summed E-state index contributed by atoms with van der Waals surface area (Å²) in [7, 11) is -0.288. The summed E-state index contributed by atoms with van der Waals surface area (Å²) in [6.07, 6.45) is 2.57.